The smallest absolute Gasteiger partial charge is 0.194 e. The number of halogens is 2. The predicted octanol–water partition coefficient (Wildman–Crippen LogP) is 5.06. The van der Waals surface area contributed by atoms with Crippen molar-refractivity contribution in [3.8, 4) is 11.1 Å². The lowest BCUT2D eigenvalue weighted by atomic mass is 10.1. The summed E-state index contributed by atoms with van der Waals surface area (Å²) in [6.07, 6.45) is 0.819. The molecule has 0 saturated heterocycles. The summed E-state index contributed by atoms with van der Waals surface area (Å²) in [6, 6.07) is 5.24. The van der Waals surface area contributed by atoms with E-state index >= 15 is 0 Å². The second kappa shape index (κ2) is 5.25. The molecule has 2 heterocycles. The standard InChI is InChI=1S/C16H13Cl2NO2S/c17-9-3-8(4-10(18)5-9)12-14(16(20)21)19-13-11(7-1-2-7)6-22-15(12)13/h3-7,16,19-21H,1-2H2. The Kier molecular flexibility index (Phi) is 3.47. The van der Waals surface area contributed by atoms with E-state index in [1.807, 2.05) is 0 Å². The number of nitrogens with one attached hydrogen (secondary N) is 1. The Hall–Kier alpha value is -1.04. The largest absolute Gasteiger partial charge is 0.363 e. The quantitative estimate of drug-likeness (QED) is 0.576. The zero-order valence-electron chi connectivity index (χ0n) is 11.4. The Labute approximate surface area is 141 Å². The molecule has 22 heavy (non-hydrogen) atoms. The molecule has 1 aliphatic rings. The van der Waals surface area contributed by atoms with E-state index in [2.05, 4.69) is 10.4 Å². The Morgan fingerprint density at radius 2 is 1.82 bits per heavy atom. The fourth-order valence-corrected chi connectivity index (χ4v) is 4.59. The Balaban J connectivity index is 1.99. The summed E-state index contributed by atoms with van der Waals surface area (Å²) in [6.45, 7) is 0. The number of H-pyrrole nitrogens is 1. The van der Waals surface area contributed by atoms with Crippen LogP contribution in [0.1, 0.15) is 36.3 Å². The minimum atomic E-state index is -1.57. The van der Waals surface area contributed by atoms with Gasteiger partial charge in [0.1, 0.15) is 0 Å². The minimum Gasteiger partial charge on any atom is -0.363 e. The second-order valence-electron chi connectivity index (χ2n) is 5.61. The summed E-state index contributed by atoms with van der Waals surface area (Å²) >= 11 is 13.8. The third-order valence-corrected chi connectivity index (χ3v) is 5.45. The molecule has 0 unspecified atom stereocenters. The molecule has 1 aromatic carbocycles. The third-order valence-electron chi connectivity index (χ3n) is 4.00. The first-order valence-electron chi connectivity index (χ1n) is 7.00. The molecule has 114 valence electrons. The lowest BCUT2D eigenvalue weighted by Crippen LogP contribution is -1.97. The fraction of sp³-hybridized carbons (Fsp3) is 0.250. The van der Waals surface area contributed by atoms with Crippen molar-refractivity contribution in [2.24, 2.45) is 0 Å². The van der Waals surface area contributed by atoms with Crippen molar-refractivity contribution in [1.29, 1.82) is 0 Å². The Morgan fingerprint density at radius 1 is 1.14 bits per heavy atom. The SMILES string of the molecule is OC(O)c1[nH]c2c(C3CC3)csc2c1-c1cc(Cl)cc(Cl)c1. The number of fused-ring (bicyclic) bond motifs is 1. The van der Waals surface area contributed by atoms with E-state index in [1.54, 1.807) is 29.5 Å². The van der Waals surface area contributed by atoms with Gasteiger partial charge in [-0.15, -0.1) is 11.3 Å². The van der Waals surface area contributed by atoms with Gasteiger partial charge >= 0.3 is 0 Å². The molecule has 4 rings (SSSR count). The van der Waals surface area contributed by atoms with E-state index < -0.39 is 6.29 Å². The minimum absolute atomic E-state index is 0.391. The van der Waals surface area contributed by atoms with Crippen molar-refractivity contribution in [1.82, 2.24) is 4.98 Å². The van der Waals surface area contributed by atoms with E-state index in [-0.39, 0.29) is 0 Å². The second-order valence-corrected chi connectivity index (χ2v) is 7.37. The molecule has 3 nitrogen and oxygen atoms in total. The van der Waals surface area contributed by atoms with Gasteiger partial charge in [-0.25, -0.2) is 0 Å². The highest BCUT2D eigenvalue weighted by Crippen LogP contribution is 2.48. The van der Waals surface area contributed by atoms with Crippen LogP contribution in [0.15, 0.2) is 23.6 Å². The maximum Gasteiger partial charge on any atom is 0.194 e. The zero-order valence-corrected chi connectivity index (χ0v) is 13.8. The number of aliphatic hydroxyl groups excluding tert-OH is 1. The lowest BCUT2D eigenvalue weighted by Gasteiger charge is -2.07. The molecule has 6 heteroatoms. The van der Waals surface area contributed by atoms with Gasteiger partial charge in [-0.3, -0.25) is 0 Å². The van der Waals surface area contributed by atoms with E-state index in [0.29, 0.717) is 21.7 Å². The van der Waals surface area contributed by atoms with Crippen molar-refractivity contribution in [3.05, 3.63) is 44.9 Å². The van der Waals surface area contributed by atoms with Crippen LogP contribution in [0.3, 0.4) is 0 Å². The molecule has 0 bridgehead atoms. The van der Waals surface area contributed by atoms with Gasteiger partial charge in [-0.2, -0.15) is 0 Å². The molecule has 0 amide bonds. The zero-order chi connectivity index (χ0) is 15.4. The van der Waals surface area contributed by atoms with E-state index in [9.17, 15) is 10.2 Å². The number of hydrogen-bond acceptors (Lipinski definition) is 3. The highest BCUT2D eigenvalue weighted by molar-refractivity contribution is 7.18. The van der Waals surface area contributed by atoms with Crippen LogP contribution < -0.4 is 0 Å². The van der Waals surface area contributed by atoms with Crippen LogP contribution in [0, 0.1) is 0 Å². The first kappa shape index (κ1) is 14.5. The molecule has 2 aromatic heterocycles. The molecule has 0 radical (unpaired) electrons. The molecule has 0 spiro atoms. The highest BCUT2D eigenvalue weighted by Gasteiger charge is 2.29. The van der Waals surface area contributed by atoms with Crippen LogP contribution in [-0.2, 0) is 0 Å². The van der Waals surface area contributed by atoms with E-state index in [0.717, 1.165) is 21.3 Å². The van der Waals surface area contributed by atoms with Gasteiger partial charge in [-0.1, -0.05) is 23.2 Å². The number of benzene rings is 1. The monoisotopic (exact) mass is 353 g/mol. The summed E-state index contributed by atoms with van der Waals surface area (Å²) in [5, 5.41) is 22.7. The number of rotatable bonds is 3. The fourth-order valence-electron chi connectivity index (χ4n) is 2.88. The topological polar surface area (TPSA) is 56.2 Å². The first-order chi connectivity index (χ1) is 10.5. The predicted molar refractivity (Wildman–Crippen MR) is 90.8 cm³/mol. The number of aromatic nitrogens is 1. The van der Waals surface area contributed by atoms with Crippen LogP contribution in [0.2, 0.25) is 10.0 Å². The normalized spacial score (nSPS) is 15.1. The van der Waals surface area contributed by atoms with Crippen molar-refractivity contribution >= 4 is 44.8 Å². The van der Waals surface area contributed by atoms with Gasteiger partial charge in [-0.05, 0) is 53.5 Å². The van der Waals surface area contributed by atoms with Crippen LogP contribution >= 0.6 is 34.5 Å². The lowest BCUT2D eigenvalue weighted by molar-refractivity contribution is -0.0448. The molecule has 1 aliphatic carbocycles. The van der Waals surface area contributed by atoms with Gasteiger partial charge in [0.25, 0.3) is 0 Å². The Bertz CT molecular complexity index is 844. The van der Waals surface area contributed by atoms with Gasteiger partial charge < -0.3 is 15.2 Å². The highest BCUT2D eigenvalue weighted by atomic mass is 35.5. The van der Waals surface area contributed by atoms with Crippen LogP contribution in [0.5, 0.6) is 0 Å². The molecule has 1 fully saturated rings. The van der Waals surface area contributed by atoms with E-state index in [1.165, 1.54) is 18.4 Å². The van der Waals surface area contributed by atoms with Crippen molar-refractivity contribution in [2.75, 3.05) is 0 Å². The molecular formula is C16H13Cl2NO2S. The van der Waals surface area contributed by atoms with Gasteiger partial charge in [0.05, 0.1) is 15.9 Å². The van der Waals surface area contributed by atoms with E-state index in [4.69, 9.17) is 23.2 Å². The number of aromatic amines is 1. The molecular weight excluding hydrogens is 341 g/mol. The van der Waals surface area contributed by atoms with Crippen LogP contribution in [0.4, 0.5) is 0 Å². The Morgan fingerprint density at radius 3 is 2.41 bits per heavy atom. The van der Waals surface area contributed by atoms with Gasteiger partial charge in [0, 0.05) is 15.6 Å². The van der Waals surface area contributed by atoms with Gasteiger partial charge in [0.2, 0.25) is 0 Å². The summed E-state index contributed by atoms with van der Waals surface area (Å²) in [7, 11) is 0. The van der Waals surface area contributed by atoms with Crippen LogP contribution in [-0.4, -0.2) is 15.2 Å². The average Bonchev–Trinajstić information content (AvgIpc) is 3.07. The summed E-state index contributed by atoms with van der Waals surface area (Å²) in [5.74, 6) is 0.590. The number of hydrogen-bond donors (Lipinski definition) is 3. The number of thiophene rings is 1. The van der Waals surface area contributed by atoms with Crippen molar-refractivity contribution in [2.45, 2.75) is 25.0 Å². The van der Waals surface area contributed by atoms with Crippen molar-refractivity contribution in [3.63, 3.8) is 0 Å². The number of aliphatic hydroxyl groups is 2. The molecule has 3 N–H and O–H groups in total. The van der Waals surface area contributed by atoms with Crippen LogP contribution in [0.25, 0.3) is 21.3 Å². The molecule has 3 aromatic rings. The molecule has 0 atom stereocenters. The van der Waals surface area contributed by atoms with Crippen molar-refractivity contribution < 1.29 is 10.2 Å². The maximum absolute atomic E-state index is 9.73. The first-order valence-corrected chi connectivity index (χ1v) is 8.63. The summed E-state index contributed by atoms with van der Waals surface area (Å²) in [5.41, 5.74) is 4.22. The molecule has 1 saturated carbocycles. The molecule has 0 aliphatic heterocycles. The summed E-state index contributed by atoms with van der Waals surface area (Å²) in [4.78, 5) is 3.20. The average molecular weight is 354 g/mol. The summed E-state index contributed by atoms with van der Waals surface area (Å²) < 4.78 is 1.02. The van der Waals surface area contributed by atoms with Gasteiger partial charge in [0.15, 0.2) is 6.29 Å². The maximum atomic E-state index is 9.73. The third kappa shape index (κ3) is 2.36.